The summed E-state index contributed by atoms with van der Waals surface area (Å²) in [6.45, 7) is 15.0. The van der Waals surface area contributed by atoms with Crippen molar-refractivity contribution in [2.45, 2.75) is 174 Å². The SMILES string of the molecule is CCCCCCCCCn1cc(C(N)(CO)CO)nn1.CCCCCCCCCn1cc(C2(NC(=O)OC(C)(C)C)COC(C)(C)OC2)nn1.Cl.Cl. The second-order valence-electron chi connectivity index (χ2n) is 15.1. The van der Waals surface area contributed by atoms with Gasteiger partial charge in [-0.2, -0.15) is 0 Å². The fourth-order valence-electron chi connectivity index (χ4n) is 5.40. The number of rotatable bonds is 21. The molecule has 14 nitrogen and oxygen atoms in total. The molecule has 1 saturated heterocycles. The molecule has 5 N–H and O–H groups in total. The van der Waals surface area contributed by atoms with Crippen molar-refractivity contribution in [2.24, 2.45) is 5.73 Å². The lowest BCUT2D eigenvalue weighted by Crippen LogP contribution is -2.59. The van der Waals surface area contributed by atoms with Crippen LogP contribution >= 0.6 is 24.8 Å². The maximum absolute atomic E-state index is 12.5. The quantitative estimate of drug-likeness (QED) is 0.101. The van der Waals surface area contributed by atoms with Gasteiger partial charge < -0.3 is 35.5 Å². The third-order valence-corrected chi connectivity index (χ3v) is 8.70. The third-order valence-electron chi connectivity index (χ3n) is 8.70. The molecule has 0 bridgehead atoms. The summed E-state index contributed by atoms with van der Waals surface area (Å²) in [5.74, 6) is -0.715. The summed E-state index contributed by atoms with van der Waals surface area (Å²) in [6, 6.07) is 0. The summed E-state index contributed by atoms with van der Waals surface area (Å²) in [5, 5.41) is 37.9. The molecule has 52 heavy (non-hydrogen) atoms. The Morgan fingerprint density at radius 3 is 1.71 bits per heavy atom. The second-order valence-corrected chi connectivity index (χ2v) is 15.1. The van der Waals surface area contributed by atoms with Crippen molar-refractivity contribution in [3.63, 3.8) is 0 Å². The second kappa shape index (κ2) is 25.1. The van der Waals surface area contributed by atoms with Crippen LogP contribution in [0.3, 0.4) is 0 Å². The summed E-state index contributed by atoms with van der Waals surface area (Å²) < 4.78 is 20.7. The van der Waals surface area contributed by atoms with Crippen LogP contribution in [0, 0.1) is 0 Å². The van der Waals surface area contributed by atoms with E-state index >= 15 is 0 Å². The lowest BCUT2D eigenvalue weighted by atomic mass is 9.96. The highest BCUT2D eigenvalue weighted by atomic mass is 35.5. The van der Waals surface area contributed by atoms with Gasteiger partial charge in [0.05, 0.1) is 38.8 Å². The number of amides is 1. The lowest BCUT2D eigenvalue weighted by molar-refractivity contribution is -0.273. The highest BCUT2D eigenvalue weighted by Gasteiger charge is 2.45. The number of aliphatic hydroxyl groups is 2. The predicted octanol–water partition coefficient (Wildman–Crippen LogP) is 6.54. The van der Waals surface area contributed by atoms with Gasteiger partial charge in [-0.1, -0.05) is 101 Å². The number of hydrogen-bond donors (Lipinski definition) is 4. The van der Waals surface area contributed by atoms with E-state index in [0.29, 0.717) is 11.4 Å². The topological polar surface area (TPSA) is 185 Å². The van der Waals surface area contributed by atoms with E-state index in [-0.39, 0.29) is 51.2 Å². The number of carbonyl (C=O) groups is 1. The fraction of sp³-hybridized carbons (Fsp3) is 0.861. The number of aromatic nitrogens is 6. The van der Waals surface area contributed by atoms with Gasteiger partial charge in [0.15, 0.2) is 5.79 Å². The number of halogens is 2. The summed E-state index contributed by atoms with van der Waals surface area (Å²) >= 11 is 0. The largest absolute Gasteiger partial charge is 0.444 e. The number of hydrogen-bond acceptors (Lipinski definition) is 11. The highest BCUT2D eigenvalue weighted by Crippen LogP contribution is 2.31. The molecule has 16 heteroatoms. The Kier molecular flexibility index (Phi) is 24.1. The Morgan fingerprint density at radius 2 is 1.25 bits per heavy atom. The molecule has 304 valence electrons. The zero-order valence-corrected chi connectivity index (χ0v) is 34.5. The van der Waals surface area contributed by atoms with E-state index < -0.39 is 28.6 Å². The molecule has 0 saturated carbocycles. The first-order chi connectivity index (χ1) is 23.7. The van der Waals surface area contributed by atoms with Gasteiger partial charge in [-0.25, -0.2) is 4.79 Å². The Bertz CT molecular complexity index is 1210. The molecule has 0 spiro atoms. The van der Waals surface area contributed by atoms with E-state index in [2.05, 4.69) is 39.8 Å². The number of nitrogens with zero attached hydrogens (tertiary/aromatic N) is 6. The van der Waals surface area contributed by atoms with E-state index in [4.69, 9.17) is 19.9 Å². The first-order valence-electron chi connectivity index (χ1n) is 18.8. The first kappa shape index (κ1) is 49.9. The summed E-state index contributed by atoms with van der Waals surface area (Å²) in [6.07, 6.45) is 20.5. The van der Waals surface area contributed by atoms with Gasteiger partial charge >= 0.3 is 6.09 Å². The lowest BCUT2D eigenvalue weighted by Gasteiger charge is -2.42. The normalized spacial score (nSPS) is 15.1. The van der Waals surface area contributed by atoms with Gasteiger partial charge in [0, 0.05) is 13.1 Å². The van der Waals surface area contributed by atoms with Crippen LogP contribution in [0.15, 0.2) is 12.4 Å². The smallest absolute Gasteiger partial charge is 0.408 e. The third kappa shape index (κ3) is 18.3. The molecule has 3 rings (SSSR count). The number of alkyl carbamates (subject to hydrolysis) is 1. The van der Waals surface area contributed by atoms with Gasteiger partial charge in [0.25, 0.3) is 0 Å². The maximum atomic E-state index is 12.5. The Balaban J connectivity index is 0.00000104. The summed E-state index contributed by atoms with van der Waals surface area (Å²) in [7, 11) is 0. The zero-order chi connectivity index (χ0) is 37.1. The molecule has 0 radical (unpaired) electrons. The number of ether oxygens (including phenoxy) is 3. The molecule has 0 unspecified atom stereocenters. The van der Waals surface area contributed by atoms with Crippen molar-refractivity contribution in [1.29, 1.82) is 0 Å². The minimum atomic E-state index is -1.20. The number of aryl methyl sites for hydroxylation is 2. The average Bonchev–Trinajstić information content (AvgIpc) is 3.75. The van der Waals surface area contributed by atoms with E-state index in [9.17, 15) is 15.0 Å². The maximum Gasteiger partial charge on any atom is 0.408 e. The number of unbranched alkanes of at least 4 members (excludes halogenated alkanes) is 12. The predicted molar refractivity (Wildman–Crippen MR) is 208 cm³/mol. The van der Waals surface area contributed by atoms with Crippen molar-refractivity contribution in [2.75, 3.05) is 26.4 Å². The van der Waals surface area contributed by atoms with E-state index in [1.807, 2.05) is 45.5 Å². The summed E-state index contributed by atoms with van der Waals surface area (Å²) in [5.41, 5.74) is 4.16. The van der Waals surface area contributed by atoms with Gasteiger partial charge in [-0.15, -0.1) is 35.0 Å². The van der Waals surface area contributed by atoms with Crippen LogP contribution in [-0.2, 0) is 38.4 Å². The monoisotopic (exact) mass is 780 g/mol. The van der Waals surface area contributed by atoms with Crippen LogP contribution in [0.1, 0.15) is 150 Å². The van der Waals surface area contributed by atoms with Crippen LogP contribution in [0.5, 0.6) is 0 Å². The molecule has 0 aliphatic carbocycles. The molecule has 1 aliphatic heterocycles. The molecule has 1 aliphatic rings. The Hall–Kier alpha value is -2.07. The molecular formula is C36H70Cl2N8O6. The number of nitrogens with two attached hydrogens (primary N) is 1. The number of nitrogens with one attached hydrogen (secondary N) is 1. The van der Waals surface area contributed by atoms with Crippen LogP contribution in [-0.4, -0.2) is 84.1 Å². The van der Waals surface area contributed by atoms with Gasteiger partial charge in [-0.05, 0) is 47.5 Å². The van der Waals surface area contributed by atoms with Crippen LogP contribution < -0.4 is 11.1 Å². The van der Waals surface area contributed by atoms with E-state index in [0.717, 1.165) is 25.9 Å². The molecule has 0 aromatic carbocycles. The van der Waals surface area contributed by atoms with Gasteiger partial charge in [0.2, 0.25) is 0 Å². The standard InChI is InChI=1S/C22H40N4O4.C14H28N4O2.2ClH/c1-7-8-9-10-11-12-13-14-26-15-18(24-25-26)22(16-28-21(5,6)29-17-22)23-19(27)30-20(2,3)4;1-2-3-4-5-6-7-8-9-18-10-13(16-17-18)14(15,11-19)12-20;;/h15H,7-14,16-17H2,1-6H3,(H,23,27);10,19-20H,2-9,11-12,15H2,1H3;2*1H. The van der Waals surface area contributed by atoms with E-state index in [1.54, 1.807) is 10.9 Å². The highest BCUT2D eigenvalue weighted by molar-refractivity contribution is 5.85. The van der Waals surface area contributed by atoms with Crippen LogP contribution in [0.4, 0.5) is 4.79 Å². The van der Waals surface area contributed by atoms with Crippen molar-refractivity contribution in [3.8, 4) is 0 Å². The van der Waals surface area contributed by atoms with Crippen molar-refractivity contribution < 1.29 is 29.2 Å². The van der Waals surface area contributed by atoms with E-state index in [1.165, 1.54) is 77.0 Å². The van der Waals surface area contributed by atoms with Crippen molar-refractivity contribution in [1.82, 2.24) is 35.3 Å². The van der Waals surface area contributed by atoms with Crippen LogP contribution in [0.2, 0.25) is 0 Å². The number of carbonyl (C=O) groups excluding carboxylic acids is 1. The minimum Gasteiger partial charge on any atom is -0.444 e. The van der Waals surface area contributed by atoms with Gasteiger partial charge in [0.1, 0.15) is 28.1 Å². The molecule has 1 amide bonds. The molecule has 2 aromatic heterocycles. The average molecular weight is 782 g/mol. The summed E-state index contributed by atoms with van der Waals surface area (Å²) in [4.78, 5) is 12.5. The molecular weight excluding hydrogens is 711 g/mol. The Morgan fingerprint density at radius 1 is 0.808 bits per heavy atom. The Labute approximate surface area is 324 Å². The molecule has 1 fully saturated rings. The number of aliphatic hydroxyl groups excluding tert-OH is 2. The van der Waals surface area contributed by atoms with Gasteiger partial charge in [-0.3, -0.25) is 9.36 Å². The van der Waals surface area contributed by atoms with Crippen molar-refractivity contribution >= 4 is 30.9 Å². The minimum absolute atomic E-state index is 0. The fourth-order valence-corrected chi connectivity index (χ4v) is 5.40. The molecule has 3 heterocycles. The first-order valence-corrected chi connectivity index (χ1v) is 18.8. The van der Waals surface area contributed by atoms with Crippen LogP contribution in [0.25, 0.3) is 0 Å². The molecule has 0 atom stereocenters. The van der Waals surface area contributed by atoms with Crippen molar-refractivity contribution in [3.05, 3.63) is 23.8 Å². The zero-order valence-electron chi connectivity index (χ0n) is 32.9. The molecule has 2 aromatic rings.